The maximum absolute atomic E-state index is 12.0. The Balaban J connectivity index is 2.10. The summed E-state index contributed by atoms with van der Waals surface area (Å²) in [7, 11) is 0. The predicted molar refractivity (Wildman–Crippen MR) is 122 cm³/mol. The lowest BCUT2D eigenvalue weighted by molar-refractivity contribution is 0.0697. The van der Waals surface area contributed by atoms with Crippen molar-refractivity contribution in [3.63, 3.8) is 0 Å². The summed E-state index contributed by atoms with van der Waals surface area (Å²) < 4.78 is 2.14. The monoisotopic (exact) mass is 395 g/mol. The number of rotatable bonds is 6. The third-order valence-electron chi connectivity index (χ3n) is 5.20. The topological polar surface area (TPSA) is 42.2 Å². The second-order valence-electron chi connectivity index (χ2n) is 7.89. The number of carbonyl (C=O) groups is 1. The van der Waals surface area contributed by atoms with Gasteiger partial charge in [0.15, 0.2) is 0 Å². The highest BCUT2D eigenvalue weighted by Gasteiger charge is 2.22. The van der Waals surface area contributed by atoms with Gasteiger partial charge in [-0.25, -0.2) is 4.79 Å². The van der Waals surface area contributed by atoms with Gasteiger partial charge in [0, 0.05) is 11.3 Å². The smallest absolute Gasteiger partial charge is 0.337 e. The van der Waals surface area contributed by atoms with Crippen molar-refractivity contribution in [1.29, 1.82) is 0 Å². The zero-order valence-electron chi connectivity index (χ0n) is 17.2. The molecule has 3 nitrogen and oxygen atoms in total. The minimum Gasteiger partial charge on any atom is -0.478 e. The van der Waals surface area contributed by atoms with Gasteiger partial charge in [0.25, 0.3) is 0 Å². The molecule has 0 aliphatic carbocycles. The van der Waals surface area contributed by atoms with Crippen LogP contribution in [0.2, 0.25) is 0 Å². The lowest BCUT2D eigenvalue weighted by Crippen LogP contribution is -2.10. The Bertz CT molecular complexity index is 1160. The van der Waals surface area contributed by atoms with Gasteiger partial charge >= 0.3 is 5.97 Å². The Labute approximate surface area is 177 Å². The summed E-state index contributed by atoms with van der Waals surface area (Å²) in [5.41, 5.74) is 6.41. The van der Waals surface area contributed by atoms with Gasteiger partial charge in [-0.15, -0.1) is 0 Å². The van der Waals surface area contributed by atoms with Crippen LogP contribution in [0.1, 0.15) is 29.9 Å². The average molecular weight is 396 g/mol. The van der Waals surface area contributed by atoms with E-state index in [1.807, 2.05) is 48.5 Å². The van der Waals surface area contributed by atoms with E-state index in [4.69, 9.17) is 0 Å². The van der Waals surface area contributed by atoms with E-state index in [1.165, 1.54) is 0 Å². The van der Waals surface area contributed by atoms with E-state index in [-0.39, 0.29) is 0 Å². The van der Waals surface area contributed by atoms with Gasteiger partial charge < -0.3 is 9.67 Å². The molecule has 4 rings (SSSR count). The molecule has 0 saturated carbocycles. The van der Waals surface area contributed by atoms with Gasteiger partial charge in [-0.05, 0) is 41.7 Å². The maximum Gasteiger partial charge on any atom is 0.337 e. The first-order valence-electron chi connectivity index (χ1n) is 10.2. The number of benzene rings is 3. The lowest BCUT2D eigenvalue weighted by Gasteiger charge is -2.18. The van der Waals surface area contributed by atoms with Gasteiger partial charge in [-0.2, -0.15) is 0 Å². The largest absolute Gasteiger partial charge is 0.478 e. The minimum atomic E-state index is -0.921. The summed E-state index contributed by atoms with van der Waals surface area (Å²) >= 11 is 0. The molecule has 1 N–H and O–H groups in total. The number of para-hydroxylation sites is 1. The molecule has 0 saturated heterocycles. The van der Waals surface area contributed by atoms with Crippen LogP contribution in [0.25, 0.3) is 28.1 Å². The Morgan fingerprint density at radius 3 is 2.00 bits per heavy atom. The van der Waals surface area contributed by atoms with E-state index in [0.717, 1.165) is 34.5 Å². The van der Waals surface area contributed by atoms with Crippen molar-refractivity contribution < 1.29 is 9.90 Å². The second kappa shape index (κ2) is 8.42. The summed E-state index contributed by atoms with van der Waals surface area (Å²) in [6.45, 7) is 4.37. The Morgan fingerprint density at radius 2 is 1.40 bits per heavy atom. The van der Waals surface area contributed by atoms with E-state index in [2.05, 4.69) is 48.7 Å². The molecule has 0 spiro atoms. The maximum atomic E-state index is 12.0. The highest BCUT2D eigenvalue weighted by molar-refractivity contribution is 5.93. The van der Waals surface area contributed by atoms with Crippen LogP contribution >= 0.6 is 0 Å². The SMILES string of the molecule is CC(C)Cc1cc(-c2ccccc2)c(-c2ccccc2)n1-c1ccccc1C(=O)O. The van der Waals surface area contributed by atoms with Crippen LogP contribution in [0.15, 0.2) is 91.0 Å². The standard InChI is InChI=1S/C27H25NO2/c1-19(2)17-22-18-24(20-11-5-3-6-12-20)26(21-13-7-4-8-14-21)28(22)25-16-10-9-15-23(25)27(29)30/h3-16,18-19H,17H2,1-2H3,(H,29,30). The number of aromatic carboxylic acids is 1. The molecule has 0 radical (unpaired) electrons. The molecular weight excluding hydrogens is 370 g/mol. The van der Waals surface area contributed by atoms with Gasteiger partial charge in [0.1, 0.15) is 0 Å². The zero-order chi connectivity index (χ0) is 21.1. The highest BCUT2D eigenvalue weighted by Crippen LogP contribution is 2.39. The molecule has 0 bridgehead atoms. The molecule has 30 heavy (non-hydrogen) atoms. The van der Waals surface area contributed by atoms with Crippen molar-refractivity contribution in [3.05, 3.63) is 102 Å². The molecule has 0 unspecified atom stereocenters. The van der Waals surface area contributed by atoms with Gasteiger partial charge in [-0.3, -0.25) is 0 Å². The third-order valence-corrected chi connectivity index (χ3v) is 5.20. The number of carboxylic acids is 1. The molecule has 0 amide bonds. The van der Waals surface area contributed by atoms with E-state index in [0.29, 0.717) is 17.2 Å². The molecule has 1 heterocycles. The fourth-order valence-corrected chi connectivity index (χ4v) is 3.98. The van der Waals surface area contributed by atoms with Crippen molar-refractivity contribution in [1.82, 2.24) is 4.57 Å². The van der Waals surface area contributed by atoms with Crippen LogP contribution in [-0.2, 0) is 6.42 Å². The predicted octanol–water partition coefficient (Wildman–Crippen LogP) is 6.71. The zero-order valence-corrected chi connectivity index (χ0v) is 17.2. The molecule has 0 aliphatic heterocycles. The summed E-state index contributed by atoms with van der Waals surface area (Å²) in [5.74, 6) is -0.488. The van der Waals surface area contributed by atoms with Crippen LogP contribution in [0.5, 0.6) is 0 Å². The van der Waals surface area contributed by atoms with Gasteiger partial charge in [0.05, 0.1) is 16.9 Å². The van der Waals surface area contributed by atoms with Gasteiger partial charge in [-0.1, -0.05) is 86.6 Å². The summed E-state index contributed by atoms with van der Waals surface area (Å²) in [4.78, 5) is 12.0. The van der Waals surface area contributed by atoms with Crippen LogP contribution in [0.4, 0.5) is 0 Å². The number of aromatic nitrogens is 1. The van der Waals surface area contributed by atoms with Crippen molar-refractivity contribution >= 4 is 5.97 Å². The average Bonchev–Trinajstić information content (AvgIpc) is 3.13. The number of carboxylic acid groups (broad SMARTS) is 1. The Kier molecular flexibility index (Phi) is 5.53. The summed E-state index contributed by atoms with van der Waals surface area (Å²) in [5, 5.41) is 9.87. The van der Waals surface area contributed by atoms with Crippen LogP contribution in [-0.4, -0.2) is 15.6 Å². The highest BCUT2D eigenvalue weighted by atomic mass is 16.4. The quantitative estimate of drug-likeness (QED) is 0.394. The van der Waals surface area contributed by atoms with Crippen molar-refractivity contribution in [3.8, 4) is 28.1 Å². The molecule has 4 aromatic rings. The Morgan fingerprint density at radius 1 is 0.833 bits per heavy atom. The molecule has 0 fully saturated rings. The van der Waals surface area contributed by atoms with Crippen molar-refractivity contribution in [2.24, 2.45) is 5.92 Å². The fourth-order valence-electron chi connectivity index (χ4n) is 3.98. The first-order chi connectivity index (χ1) is 14.6. The van der Waals surface area contributed by atoms with E-state index in [9.17, 15) is 9.90 Å². The molecule has 0 atom stereocenters. The first-order valence-corrected chi connectivity index (χ1v) is 10.2. The summed E-state index contributed by atoms with van der Waals surface area (Å²) in [6.07, 6.45) is 0.848. The molecule has 3 heteroatoms. The van der Waals surface area contributed by atoms with E-state index in [1.54, 1.807) is 12.1 Å². The normalized spacial score (nSPS) is 11.0. The van der Waals surface area contributed by atoms with E-state index >= 15 is 0 Å². The van der Waals surface area contributed by atoms with Crippen LogP contribution < -0.4 is 0 Å². The second-order valence-corrected chi connectivity index (χ2v) is 7.89. The van der Waals surface area contributed by atoms with Crippen LogP contribution in [0, 0.1) is 5.92 Å². The fraction of sp³-hybridized carbons (Fsp3) is 0.148. The lowest BCUT2D eigenvalue weighted by atomic mass is 10.0. The molecular formula is C27H25NO2. The molecule has 3 aromatic carbocycles. The molecule has 150 valence electrons. The number of hydrogen-bond donors (Lipinski definition) is 1. The number of nitrogens with zero attached hydrogens (tertiary/aromatic N) is 1. The Hall–Kier alpha value is -3.59. The van der Waals surface area contributed by atoms with Gasteiger partial charge in [0.2, 0.25) is 0 Å². The third kappa shape index (κ3) is 3.79. The van der Waals surface area contributed by atoms with Crippen molar-refractivity contribution in [2.75, 3.05) is 0 Å². The van der Waals surface area contributed by atoms with Crippen LogP contribution in [0.3, 0.4) is 0 Å². The molecule has 1 aromatic heterocycles. The molecule has 0 aliphatic rings. The van der Waals surface area contributed by atoms with Crippen molar-refractivity contribution in [2.45, 2.75) is 20.3 Å². The number of hydrogen-bond acceptors (Lipinski definition) is 1. The summed E-state index contributed by atoms with van der Waals surface area (Å²) in [6, 6.07) is 30.0. The first kappa shape index (κ1) is 19.7. The van der Waals surface area contributed by atoms with E-state index < -0.39 is 5.97 Å². The minimum absolute atomic E-state index is 0.301.